The Labute approximate surface area is 161 Å². The van der Waals surface area contributed by atoms with Crippen molar-refractivity contribution in [2.75, 3.05) is 19.6 Å². The van der Waals surface area contributed by atoms with Crippen molar-refractivity contribution in [3.05, 3.63) is 22.4 Å². The predicted molar refractivity (Wildman–Crippen MR) is 97.6 cm³/mol. The highest BCUT2D eigenvalue weighted by Gasteiger charge is 2.52. The molecule has 0 spiro atoms. The quantitative estimate of drug-likeness (QED) is 0.783. The highest BCUT2D eigenvalue weighted by atomic mass is 32.1. The molecule has 4 atom stereocenters. The van der Waals surface area contributed by atoms with E-state index in [2.05, 4.69) is 6.07 Å². The number of carbonyl (C=O) groups is 3. The first-order chi connectivity index (χ1) is 13.0. The van der Waals surface area contributed by atoms with E-state index in [4.69, 9.17) is 11.0 Å². The molecule has 0 saturated carbocycles. The van der Waals surface area contributed by atoms with Gasteiger partial charge in [0, 0.05) is 19.6 Å². The summed E-state index contributed by atoms with van der Waals surface area (Å²) in [7, 11) is 0. The number of thiophene rings is 1. The van der Waals surface area contributed by atoms with Crippen LogP contribution in [0.15, 0.2) is 17.5 Å². The number of fused-ring (bicyclic) bond motifs is 2. The Morgan fingerprint density at radius 1 is 1.41 bits per heavy atom. The van der Waals surface area contributed by atoms with Gasteiger partial charge in [-0.2, -0.15) is 5.26 Å². The summed E-state index contributed by atoms with van der Waals surface area (Å²) in [4.78, 5) is 43.3. The second kappa shape index (κ2) is 6.94. The topological polar surface area (TPSA) is 111 Å². The predicted octanol–water partition coefficient (Wildman–Crippen LogP) is 0.0153. The van der Waals surface area contributed by atoms with Crippen molar-refractivity contribution in [2.45, 2.75) is 43.4 Å². The van der Waals surface area contributed by atoms with E-state index in [0.29, 0.717) is 30.8 Å². The summed E-state index contributed by atoms with van der Waals surface area (Å²) < 4.78 is 0. The average Bonchev–Trinajstić information content (AvgIpc) is 3.45. The van der Waals surface area contributed by atoms with Crippen LogP contribution in [0.1, 0.15) is 28.9 Å². The molecule has 0 aromatic carbocycles. The van der Waals surface area contributed by atoms with E-state index in [9.17, 15) is 14.4 Å². The summed E-state index contributed by atoms with van der Waals surface area (Å²) in [5.74, 6) is -0.529. The minimum Gasteiger partial charge on any atom is -0.334 e. The number of nitrogens with two attached hydrogens (primary N) is 1. The number of amides is 3. The zero-order valence-corrected chi connectivity index (χ0v) is 15.6. The average molecular weight is 387 g/mol. The number of likely N-dealkylation sites (tertiary alicyclic amines) is 3. The van der Waals surface area contributed by atoms with Crippen LogP contribution in [0.2, 0.25) is 0 Å². The third kappa shape index (κ3) is 2.99. The second-order valence-corrected chi connectivity index (χ2v) is 8.20. The van der Waals surface area contributed by atoms with E-state index in [0.717, 1.165) is 6.42 Å². The van der Waals surface area contributed by atoms with Gasteiger partial charge in [-0.15, -0.1) is 11.3 Å². The first-order valence-corrected chi connectivity index (χ1v) is 10.00. The van der Waals surface area contributed by atoms with Gasteiger partial charge in [-0.25, -0.2) is 0 Å². The van der Waals surface area contributed by atoms with E-state index < -0.39 is 18.1 Å². The number of hydrogen-bond acceptors (Lipinski definition) is 6. The van der Waals surface area contributed by atoms with Gasteiger partial charge in [-0.3, -0.25) is 14.4 Å². The fourth-order valence-electron chi connectivity index (χ4n) is 4.32. The van der Waals surface area contributed by atoms with Crippen molar-refractivity contribution in [1.29, 1.82) is 5.26 Å². The molecule has 8 nitrogen and oxygen atoms in total. The van der Waals surface area contributed by atoms with Crippen LogP contribution in [0.5, 0.6) is 0 Å². The Morgan fingerprint density at radius 3 is 2.89 bits per heavy atom. The van der Waals surface area contributed by atoms with Gasteiger partial charge in [0.1, 0.15) is 18.1 Å². The Kier molecular flexibility index (Phi) is 4.61. The lowest BCUT2D eigenvalue weighted by Crippen LogP contribution is -2.57. The van der Waals surface area contributed by atoms with E-state index in [1.54, 1.807) is 15.9 Å². The first-order valence-electron chi connectivity index (χ1n) is 9.12. The molecule has 0 aliphatic carbocycles. The lowest BCUT2D eigenvalue weighted by Gasteiger charge is -2.35. The van der Waals surface area contributed by atoms with E-state index in [-0.39, 0.29) is 30.3 Å². The molecular formula is C18H21N5O3S. The van der Waals surface area contributed by atoms with Crippen molar-refractivity contribution in [3.8, 4) is 6.07 Å². The van der Waals surface area contributed by atoms with Crippen molar-refractivity contribution in [2.24, 2.45) is 5.73 Å². The van der Waals surface area contributed by atoms with Crippen LogP contribution < -0.4 is 5.73 Å². The maximum atomic E-state index is 12.8. The maximum absolute atomic E-state index is 12.8. The van der Waals surface area contributed by atoms with Crippen molar-refractivity contribution >= 4 is 29.1 Å². The number of rotatable bonds is 4. The largest absolute Gasteiger partial charge is 0.334 e. The molecule has 3 saturated heterocycles. The molecule has 2 N–H and O–H groups in total. The number of nitrogens with zero attached hydrogens (tertiary/aromatic N) is 4. The van der Waals surface area contributed by atoms with Crippen LogP contribution in [-0.4, -0.2) is 76.2 Å². The SMILES string of the molecule is N#C[C@@H]1CCCN1C(=O)[C@@H](N)CN1C(=O)[C@H]2C[C@@H]1CN2C(=O)c1cccs1. The van der Waals surface area contributed by atoms with Crippen LogP contribution in [0, 0.1) is 11.3 Å². The zero-order valence-electron chi connectivity index (χ0n) is 14.8. The fourth-order valence-corrected chi connectivity index (χ4v) is 5.00. The van der Waals surface area contributed by atoms with Crippen LogP contribution in [0.4, 0.5) is 0 Å². The summed E-state index contributed by atoms with van der Waals surface area (Å²) in [5, 5.41) is 11.0. The molecule has 9 heteroatoms. The first kappa shape index (κ1) is 17.9. The monoisotopic (exact) mass is 387 g/mol. The van der Waals surface area contributed by atoms with Crippen LogP contribution in [0.3, 0.4) is 0 Å². The van der Waals surface area contributed by atoms with Gasteiger partial charge in [0.25, 0.3) is 5.91 Å². The smallest absolute Gasteiger partial charge is 0.264 e. The van der Waals surface area contributed by atoms with Gasteiger partial charge in [0.05, 0.1) is 17.0 Å². The van der Waals surface area contributed by atoms with Gasteiger partial charge < -0.3 is 20.4 Å². The normalized spacial score (nSPS) is 27.9. The second-order valence-electron chi connectivity index (χ2n) is 7.26. The van der Waals surface area contributed by atoms with Crippen LogP contribution >= 0.6 is 11.3 Å². The Hall–Kier alpha value is -2.44. The van der Waals surface area contributed by atoms with Gasteiger partial charge in [-0.05, 0) is 30.7 Å². The number of nitriles is 1. The zero-order chi connectivity index (χ0) is 19.1. The van der Waals surface area contributed by atoms with E-state index in [1.807, 2.05) is 11.4 Å². The third-order valence-corrected chi connectivity index (χ3v) is 6.53. The van der Waals surface area contributed by atoms with Crippen molar-refractivity contribution < 1.29 is 14.4 Å². The van der Waals surface area contributed by atoms with Crippen LogP contribution in [-0.2, 0) is 9.59 Å². The minimum absolute atomic E-state index is 0.101. The number of piperazine rings is 1. The fraction of sp³-hybridized carbons (Fsp3) is 0.556. The summed E-state index contributed by atoms with van der Waals surface area (Å²) in [6.07, 6.45) is 2.05. The molecule has 27 heavy (non-hydrogen) atoms. The van der Waals surface area contributed by atoms with Crippen molar-refractivity contribution in [3.63, 3.8) is 0 Å². The number of carbonyl (C=O) groups excluding carboxylic acids is 3. The molecule has 3 aliphatic heterocycles. The third-order valence-electron chi connectivity index (χ3n) is 5.68. The summed E-state index contributed by atoms with van der Waals surface area (Å²) in [5.41, 5.74) is 6.09. The van der Waals surface area contributed by atoms with E-state index in [1.165, 1.54) is 16.2 Å². The lowest BCUT2D eigenvalue weighted by atomic mass is 10.2. The highest BCUT2D eigenvalue weighted by Crippen LogP contribution is 2.33. The molecule has 3 aliphatic rings. The van der Waals surface area contributed by atoms with Crippen LogP contribution in [0.25, 0.3) is 0 Å². The minimum atomic E-state index is -0.844. The van der Waals surface area contributed by atoms with Gasteiger partial charge in [-0.1, -0.05) is 6.07 Å². The highest BCUT2D eigenvalue weighted by molar-refractivity contribution is 7.12. The maximum Gasteiger partial charge on any atom is 0.264 e. The molecular weight excluding hydrogens is 366 g/mol. The van der Waals surface area contributed by atoms with E-state index >= 15 is 0 Å². The molecule has 142 valence electrons. The van der Waals surface area contributed by atoms with Crippen molar-refractivity contribution in [1.82, 2.24) is 14.7 Å². The molecule has 1 aromatic heterocycles. The van der Waals surface area contributed by atoms with Gasteiger partial charge in [0.15, 0.2) is 0 Å². The van der Waals surface area contributed by atoms with Gasteiger partial charge >= 0.3 is 0 Å². The number of hydrogen-bond donors (Lipinski definition) is 1. The molecule has 0 unspecified atom stereocenters. The Balaban J connectivity index is 1.40. The Morgan fingerprint density at radius 2 is 2.22 bits per heavy atom. The van der Waals surface area contributed by atoms with Gasteiger partial charge in [0.2, 0.25) is 11.8 Å². The summed E-state index contributed by atoms with van der Waals surface area (Å²) in [6, 6.07) is 3.88. The molecule has 4 rings (SSSR count). The summed E-state index contributed by atoms with van der Waals surface area (Å²) >= 11 is 1.37. The summed E-state index contributed by atoms with van der Waals surface area (Å²) in [6.45, 7) is 1.14. The molecule has 0 radical (unpaired) electrons. The molecule has 2 bridgehead atoms. The standard InChI is InChI=1S/C18H21N5O3S/c19-8-11-3-1-5-21(11)16(24)13(20)10-22-12-7-14(17(22)25)23(9-12)18(26)15-4-2-6-27-15/h2,4,6,11-14H,1,3,5,7,9-10,20H2/t11-,12+,13-,14+/m0/s1. The lowest BCUT2D eigenvalue weighted by molar-refractivity contribution is -0.138. The Bertz CT molecular complexity index is 804. The molecule has 3 fully saturated rings. The molecule has 3 amide bonds. The molecule has 4 heterocycles. The molecule has 1 aromatic rings.